The van der Waals surface area contributed by atoms with Crippen molar-refractivity contribution in [3.63, 3.8) is 0 Å². The summed E-state index contributed by atoms with van der Waals surface area (Å²) >= 11 is 0. The van der Waals surface area contributed by atoms with Crippen LogP contribution >= 0.6 is 0 Å². The Kier molecular flexibility index (Phi) is 3.74. The molecule has 3 aromatic rings. The Labute approximate surface area is 133 Å². The standard InChI is InChI=1S/C21H24N/c1-14(2)17-10-11-18-13-22(5)21(16(4)20(18)12-17)19-9-7-6-8-15(19)3/h6-14H,1-5H3/q+1. The van der Waals surface area contributed by atoms with Crippen molar-refractivity contribution in [2.45, 2.75) is 33.6 Å². The first-order chi connectivity index (χ1) is 10.5. The molecule has 0 spiro atoms. The molecule has 0 aliphatic carbocycles. The van der Waals surface area contributed by atoms with Gasteiger partial charge in [0.05, 0.1) is 0 Å². The van der Waals surface area contributed by atoms with Gasteiger partial charge >= 0.3 is 0 Å². The molecule has 0 atom stereocenters. The number of fused-ring (bicyclic) bond motifs is 1. The van der Waals surface area contributed by atoms with Crippen LogP contribution in [0.3, 0.4) is 0 Å². The van der Waals surface area contributed by atoms with Crippen molar-refractivity contribution in [3.8, 4) is 11.3 Å². The van der Waals surface area contributed by atoms with Gasteiger partial charge in [-0.05, 0) is 48.4 Å². The van der Waals surface area contributed by atoms with E-state index in [0.717, 1.165) is 0 Å². The molecule has 0 aliphatic rings. The number of aryl methyl sites for hydroxylation is 3. The summed E-state index contributed by atoms with van der Waals surface area (Å²) in [7, 11) is 2.14. The summed E-state index contributed by atoms with van der Waals surface area (Å²) in [5.41, 5.74) is 6.71. The largest absolute Gasteiger partial charge is 0.216 e. The summed E-state index contributed by atoms with van der Waals surface area (Å²) in [5, 5.41) is 2.67. The Morgan fingerprint density at radius 2 is 1.68 bits per heavy atom. The molecule has 1 aromatic heterocycles. The highest BCUT2D eigenvalue weighted by atomic mass is 14.9. The van der Waals surface area contributed by atoms with E-state index >= 15 is 0 Å². The lowest BCUT2D eigenvalue weighted by atomic mass is 9.94. The molecule has 1 heteroatoms. The maximum Gasteiger partial charge on any atom is 0.216 e. The van der Waals surface area contributed by atoms with Gasteiger partial charge in [-0.3, -0.25) is 0 Å². The minimum absolute atomic E-state index is 0.555. The van der Waals surface area contributed by atoms with Gasteiger partial charge < -0.3 is 0 Å². The maximum absolute atomic E-state index is 2.36. The summed E-state index contributed by atoms with van der Waals surface area (Å²) in [5.74, 6) is 0.555. The monoisotopic (exact) mass is 290 g/mol. The lowest BCUT2D eigenvalue weighted by Crippen LogP contribution is -2.32. The molecular formula is C21H24N+. The van der Waals surface area contributed by atoms with E-state index in [1.165, 1.54) is 38.7 Å². The van der Waals surface area contributed by atoms with E-state index < -0.39 is 0 Å². The predicted octanol–water partition coefficient (Wildman–Crippen LogP) is 5.07. The first kappa shape index (κ1) is 14.8. The molecule has 1 nitrogen and oxygen atoms in total. The summed E-state index contributed by atoms with van der Waals surface area (Å²) in [4.78, 5) is 0. The summed E-state index contributed by atoms with van der Waals surface area (Å²) < 4.78 is 2.26. The molecule has 1 heterocycles. The van der Waals surface area contributed by atoms with Crippen LogP contribution < -0.4 is 4.57 Å². The van der Waals surface area contributed by atoms with Gasteiger partial charge in [-0.2, -0.15) is 0 Å². The van der Waals surface area contributed by atoms with Crippen molar-refractivity contribution in [1.82, 2.24) is 0 Å². The van der Waals surface area contributed by atoms with Crippen LogP contribution in [0.5, 0.6) is 0 Å². The van der Waals surface area contributed by atoms with Crippen LogP contribution in [-0.4, -0.2) is 0 Å². The number of nitrogens with zero attached hydrogens (tertiary/aromatic N) is 1. The molecule has 0 saturated carbocycles. The Morgan fingerprint density at radius 3 is 2.36 bits per heavy atom. The Balaban J connectivity index is 2.34. The molecule has 0 amide bonds. The first-order valence-electron chi connectivity index (χ1n) is 7.98. The highest BCUT2D eigenvalue weighted by molar-refractivity contribution is 5.89. The Bertz CT molecular complexity index is 844. The quantitative estimate of drug-likeness (QED) is 0.580. The fourth-order valence-corrected chi connectivity index (χ4v) is 3.27. The van der Waals surface area contributed by atoms with Gasteiger partial charge in [-0.25, -0.2) is 4.57 Å². The van der Waals surface area contributed by atoms with E-state index in [1.54, 1.807) is 0 Å². The SMILES string of the molecule is Cc1ccccc1-c1c(C)c2cc(C(C)C)ccc2c[n+]1C. The van der Waals surface area contributed by atoms with Gasteiger partial charge in [0.1, 0.15) is 7.05 Å². The van der Waals surface area contributed by atoms with Crippen molar-refractivity contribution in [2.24, 2.45) is 7.05 Å². The normalized spacial score (nSPS) is 11.4. The van der Waals surface area contributed by atoms with Crippen LogP contribution in [0.2, 0.25) is 0 Å². The number of benzene rings is 2. The third kappa shape index (κ3) is 2.41. The summed E-state index contributed by atoms with van der Waals surface area (Å²) in [6.45, 7) is 8.93. The number of pyridine rings is 1. The fraction of sp³-hybridized carbons (Fsp3) is 0.286. The molecule has 22 heavy (non-hydrogen) atoms. The van der Waals surface area contributed by atoms with E-state index in [1.807, 2.05) is 0 Å². The molecule has 0 fully saturated rings. The second-order valence-electron chi connectivity index (χ2n) is 6.53. The summed E-state index contributed by atoms with van der Waals surface area (Å²) in [6, 6.07) is 15.5. The summed E-state index contributed by atoms with van der Waals surface area (Å²) in [6.07, 6.45) is 2.24. The van der Waals surface area contributed by atoms with Gasteiger partial charge in [0, 0.05) is 16.5 Å². The average Bonchev–Trinajstić information content (AvgIpc) is 2.48. The molecule has 3 rings (SSSR count). The van der Waals surface area contributed by atoms with Crippen molar-refractivity contribution in [1.29, 1.82) is 0 Å². The van der Waals surface area contributed by atoms with Gasteiger partial charge in [0.25, 0.3) is 0 Å². The fourth-order valence-electron chi connectivity index (χ4n) is 3.27. The van der Waals surface area contributed by atoms with Crippen LogP contribution in [-0.2, 0) is 7.05 Å². The smallest absolute Gasteiger partial charge is 0.200 e. The number of hydrogen-bond acceptors (Lipinski definition) is 0. The zero-order valence-electron chi connectivity index (χ0n) is 14.1. The topological polar surface area (TPSA) is 3.88 Å². The number of aromatic nitrogens is 1. The van der Waals surface area contributed by atoms with Crippen LogP contribution in [0.4, 0.5) is 0 Å². The minimum atomic E-state index is 0.555. The minimum Gasteiger partial charge on any atom is -0.200 e. The maximum atomic E-state index is 2.36. The van der Waals surface area contributed by atoms with Crippen molar-refractivity contribution >= 4 is 10.8 Å². The van der Waals surface area contributed by atoms with Gasteiger partial charge in [0.15, 0.2) is 6.20 Å². The van der Waals surface area contributed by atoms with Gasteiger partial charge in [-0.15, -0.1) is 0 Å². The zero-order valence-corrected chi connectivity index (χ0v) is 14.1. The van der Waals surface area contributed by atoms with Crippen molar-refractivity contribution < 1.29 is 4.57 Å². The van der Waals surface area contributed by atoms with Crippen LogP contribution in [0.1, 0.15) is 36.5 Å². The molecule has 0 bridgehead atoms. The number of rotatable bonds is 2. The molecule has 2 aromatic carbocycles. The molecule has 0 saturated heterocycles. The molecule has 112 valence electrons. The molecule has 0 aliphatic heterocycles. The van der Waals surface area contributed by atoms with Crippen molar-refractivity contribution in [3.05, 3.63) is 65.4 Å². The third-order valence-corrected chi connectivity index (χ3v) is 4.59. The lowest BCUT2D eigenvalue weighted by molar-refractivity contribution is -0.659. The second kappa shape index (κ2) is 5.57. The second-order valence-corrected chi connectivity index (χ2v) is 6.53. The Hall–Kier alpha value is -2.15. The molecule has 0 radical (unpaired) electrons. The molecular weight excluding hydrogens is 266 g/mol. The van der Waals surface area contributed by atoms with Gasteiger partial charge in [0.2, 0.25) is 5.69 Å². The van der Waals surface area contributed by atoms with Crippen LogP contribution in [0, 0.1) is 13.8 Å². The van der Waals surface area contributed by atoms with Crippen LogP contribution in [0.25, 0.3) is 22.0 Å². The van der Waals surface area contributed by atoms with E-state index in [-0.39, 0.29) is 0 Å². The van der Waals surface area contributed by atoms with Crippen molar-refractivity contribution in [2.75, 3.05) is 0 Å². The average molecular weight is 290 g/mol. The molecule has 0 unspecified atom stereocenters. The van der Waals surface area contributed by atoms with Gasteiger partial charge in [-0.1, -0.05) is 44.2 Å². The molecule has 0 N–H and O–H groups in total. The van der Waals surface area contributed by atoms with E-state index in [4.69, 9.17) is 0 Å². The Morgan fingerprint density at radius 1 is 0.955 bits per heavy atom. The van der Waals surface area contributed by atoms with E-state index in [2.05, 4.69) is 88.0 Å². The van der Waals surface area contributed by atoms with Crippen LogP contribution in [0.15, 0.2) is 48.7 Å². The third-order valence-electron chi connectivity index (χ3n) is 4.59. The van der Waals surface area contributed by atoms with E-state index in [0.29, 0.717) is 5.92 Å². The highest BCUT2D eigenvalue weighted by Gasteiger charge is 2.19. The zero-order chi connectivity index (χ0) is 15.9. The predicted molar refractivity (Wildman–Crippen MR) is 94.1 cm³/mol. The lowest BCUT2D eigenvalue weighted by Gasteiger charge is -2.12. The first-order valence-corrected chi connectivity index (χ1v) is 7.98. The van der Waals surface area contributed by atoms with E-state index in [9.17, 15) is 0 Å². The number of hydrogen-bond donors (Lipinski definition) is 0. The highest BCUT2D eigenvalue weighted by Crippen LogP contribution is 2.30.